The number of carboxylic acids is 1. The maximum atomic E-state index is 12.5. The van der Waals surface area contributed by atoms with Gasteiger partial charge in [0.1, 0.15) is 11.6 Å². The van der Waals surface area contributed by atoms with Crippen molar-refractivity contribution < 1.29 is 19.6 Å². The van der Waals surface area contributed by atoms with E-state index in [1.54, 1.807) is 41.1 Å². The van der Waals surface area contributed by atoms with Crippen LogP contribution >= 0.6 is 0 Å². The van der Waals surface area contributed by atoms with Crippen molar-refractivity contribution in [1.29, 1.82) is 5.26 Å². The highest BCUT2D eigenvalue weighted by molar-refractivity contribution is 6.11. The molecular formula is C21H14N4O5. The fraction of sp³-hybridized carbons (Fsp3) is 0. The highest BCUT2D eigenvalue weighted by Crippen LogP contribution is 2.20. The lowest BCUT2D eigenvalue weighted by Gasteiger charge is -2.09. The number of aromatic carboxylic acids is 1. The first-order valence-corrected chi connectivity index (χ1v) is 8.58. The van der Waals surface area contributed by atoms with E-state index >= 15 is 0 Å². The number of anilines is 1. The van der Waals surface area contributed by atoms with Gasteiger partial charge >= 0.3 is 5.97 Å². The Labute approximate surface area is 170 Å². The first-order valence-electron chi connectivity index (χ1n) is 8.58. The molecule has 0 fully saturated rings. The molecule has 148 valence electrons. The van der Waals surface area contributed by atoms with E-state index in [9.17, 15) is 30.1 Å². The van der Waals surface area contributed by atoms with Crippen molar-refractivity contribution >= 4 is 29.3 Å². The van der Waals surface area contributed by atoms with Crippen LogP contribution in [-0.4, -0.2) is 26.5 Å². The predicted molar refractivity (Wildman–Crippen MR) is 108 cm³/mol. The molecule has 0 saturated carbocycles. The SMILES string of the molecule is N#C/C(=C\c1cccn1-c1ccc([N+](=O)[O-])cc1)C(=O)Nc1ccccc1C(=O)O. The number of para-hydroxylation sites is 1. The van der Waals surface area contributed by atoms with Crippen LogP contribution in [-0.2, 0) is 4.79 Å². The van der Waals surface area contributed by atoms with Crippen LogP contribution in [0.2, 0.25) is 0 Å². The Morgan fingerprint density at radius 2 is 1.80 bits per heavy atom. The molecule has 0 saturated heterocycles. The van der Waals surface area contributed by atoms with Gasteiger partial charge in [0, 0.05) is 29.7 Å². The number of carbonyl (C=O) groups is 2. The summed E-state index contributed by atoms with van der Waals surface area (Å²) in [6.07, 6.45) is 3.03. The van der Waals surface area contributed by atoms with Crippen molar-refractivity contribution in [1.82, 2.24) is 4.57 Å². The third-order valence-corrected chi connectivity index (χ3v) is 4.18. The Morgan fingerprint density at radius 3 is 2.43 bits per heavy atom. The van der Waals surface area contributed by atoms with Crippen molar-refractivity contribution in [3.63, 3.8) is 0 Å². The van der Waals surface area contributed by atoms with Gasteiger partial charge < -0.3 is 15.0 Å². The van der Waals surface area contributed by atoms with Crippen LogP contribution in [0.15, 0.2) is 72.4 Å². The number of hydrogen-bond acceptors (Lipinski definition) is 5. The van der Waals surface area contributed by atoms with Gasteiger partial charge in [-0.05, 0) is 42.5 Å². The van der Waals surface area contributed by atoms with Gasteiger partial charge in [-0.15, -0.1) is 0 Å². The number of nitro benzene ring substituents is 1. The summed E-state index contributed by atoms with van der Waals surface area (Å²) in [5.41, 5.74) is 0.765. The number of aromatic nitrogens is 1. The van der Waals surface area contributed by atoms with Crippen LogP contribution in [0.25, 0.3) is 11.8 Å². The zero-order valence-corrected chi connectivity index (χ0v) is 15.4. The van der Waals surface area contributed by atoms with Crippen LogP contribution in [0.1, 0.15) is 16.1 Å². The lowest BCUT2D eigenvalue weighted by atomic mass is 10.1. The van der Waals surface area contributed by atoms with Gasteiger partial charge in [0.25, 0.3) is 11.6 Å². The summed E-state index contributed by atoms with van der Waals surface area (Å²) in [6, 6.07) is 16.8. The number of amides is 1. The summed E-state index contributed by atoms with van der Waals surface area (Å²) in [7, 11) is 0. The number of nitrogens with zero attached hydrogens (tertiary/aromatic N) is 3. The number of nitriles is 1. The van der Waals surface area contributed by atoms with E-state index in [0.717, 1.165) is 0 Å². The number of nitrogens with one attached hydrogen (secondary N) is 1. The monoisotopic (exact) mass is 402 g/mol. The van der Waals surface area contributed by atoms with Gasteiger partial charge in [0.15, 0.2) is 0 Å². The summed E-state index contributed by atoms with van der Waals surface area (Å²) < 4.78 is 1.65. The van der Waals surface area contributed by atoms with Gasteiger partial charge in [0.2, 0.25) is 0 Å². The molecule has 0 bridgehead atoms. The number of carboxylic acid groups (broad SMARTS) is 1. The van der Waals surface area contributed by atoms with E-state index in [1.165, 1.54) is 36.4 Å². The lowest BCUT2D eigenvalue weighted by Crippen LogP contribution is -2.16. The Hall–Kier alpha value is -4.71. The molecule has 0 atom stereocenters. The molecule has 0 spiro atoms. The summed E-state index contributed by atoms with van der Waals surface area (Å²) in [5, 5.41) is 31.9. The highest BCUT2D eigenvalue weighted by Gasteiger charge is 2.16. The third-order valence-electron chi connectivity index (χ3n) is 4.18. The molecule has 0 aliphatic rings. The third kappa shape index (κ3) is 4.23. The number of benzene rings is 2. The topological polar surface area (TPSA) is 138 Å². The van der Waals surface area contributed by atoms with E-state index in [1.807, 2.05) is 6.07 Å². The van der Waals surface area contributed by atoms with E-state index in [4.69, 9.17) is 0 Å². The van der Waals surface area contributed by atoms with Crippen molar-refractivity contribution in [3.8, 4) is 11.8 Å². The van der Waals surface area contributed by atoms with Crippen LogP contribution in [0.4, 0.5) is 11.4 Å². The molecule has 1 aromatic heterocycles. The summed E-state index contributed by atoms with van der Waals surface area (Å²) in [5.74, 6) is -1.97. The maximum absolute atomic E-state index is 12.5. The molecule has 1 amide bonds. The highest BCUT2D eigenvalue weighted by atomic mass is 16.6. The van der Waals surface area contributed by atoms with Gasteiger partial charge in [-0.1, -0.05) is 12.1 Å². The summed E-state index contributed by atoms with van der Waals surface area (Å²) in [4.78, 5) is 34.1. The molecule has 1 heterocycles. The fourth-order valence-electron chi connectivity index (χ4n) is 2.75. The van der Waals surface area contributed by atoms with Crippen LogP contribution in [0.5, 0.6) is 0 Å². The molecular weight excluding hydrogens is 388 g/mol. The molecule has 2 N–H and O–H groups in total. The Balaban J connectivity index is 1.90. The molecule has 30 heavy (non-hydrogen) atoms. The zero-order valence-electron chi connectivity index (χ0n) is 15.4. The smallest absolute Gasteiger partial charge is 0.337 e. The van der Waals surface area contributed by atoms with Crippen LogP contribution < -0.4 is 5.32 Å². The first-order chi connectivity index (χ1) is 14.4. The van der Waals surface area contributed by atoms with Gasteiger partial charge in [-0.2, -0.15) is 5.26 Å². The summed E-state index contributed by atoms with van der Waals surface area (Å²) in [6.45, 7) is 0. The molecule has 3 rings (SSSR count). The second-order valence-electron chi connectivity index (χ2n) is 6.05. The van der Waals surface area contributed by atoms with Crippen molar-refractivity contribution in [2.24, 2.45) is 0 Å². The molecule has 0 radical (unpaired) electrons. The standard InChI is InChI=1S/C21H14N4O5/c22-13-14(20(26)23-19-6-2-1-5-18(19)21(27)28)12-17-4-3-11-24(17)15-7-9-16(10-8-15)25(29)30/h1-12H,(H,23,26)(H,27,28)/b14-12+. The Morgan fingerprint density at radius 1 is 1.10 bits per heavy atom. The van der Waals surface area contributed by atoms with E-state index in [0.29, 0.717) is 11.4 Å². The molecule has 0 unspecified atom stereocenters. The number of nitro groups is 1. The average Bonchev–Trinajstić information content (AvgIpc) is 3.20. The van der Waals surface area contributed by atoms with Gasteiger partial charge in [-0.3, -0.25) is 14.9 Å². The molecule has 2 aromatic carbocycles. The van der Waals surface area contributed by atoms with Gasteiger partial charge in [-0.25, -0.2) is 4.79 Å². The molecule has 0 aliphatic carbocycles. The minimum absolute atomic E-state index is 0.0582. The molecule has 3 aromatic rings. The number of rotatable bonds is 6. The Bertz CT molecular complexity index is 1200. The second kappa shape index (κ2) is 8.53. The fourth-order valence-corrected chi connectivity index (χ4v) is 2.75. The normalized spacial score (nSPS) is 10.8. The second-order valence-corrected chi connectivity index (χ2v) is 6.05. The zero-order chi connectivity index (χ0) is 21.7. The minimum atomic E-state index is -1.21. The first kappa shape index (κ1) is 20.0. The number of carbonyl (C=O) groups excluding carboxylic acids is 1. The largest absolute Gasteiger partial charge is 0.478 e. The predicted octanol–water partition coefficient (Wildman–Crippen LogP) is 3.63. The molecule has 0 aliphatic heterocycles. The van der Waals surface area contributed by atoms with E-state index in [2.05, 4.69) is 5.32 Å². The van der Waals surface area contributed by atoms with Crippen molar-refractivity contribution in [3.05, 3.63) is 93.8 Å². The Kier molecular flexibility index (Phi) is 5.70. The van der Waals surface area contributed by atoms with Crippen molar-refractivity contribution in [2.75, 3.05) is 5.32 Å². The molecule has 9 nitrogen and oxygen atoms in total. The average molecular weight is 402 g/mol. The van der Waals surface area contributed by atoms with Crippen molar-refractivity contribution in [2.45, 2.75) is 0 Å². The number of non-ortho nitro benzene ring substituents is 1. The maximum Gasteiger partial charge on any atom is 0.337 e. The van der Waals surface area contributed by atoms with Crippen LogP contribution in [0.3, 0.4) is 0 Å². The lowest BCUT2D eigenvalue weighted by molar-refractivity contribution is -0.384. The van der Waals surface area contributed by atoms with Gasteiger partial charge in [0.05, 0.1) is 16.2 Å². The summed E-state index contributed by atoms with van der Waals surface area (Å²) >= 11 is 0. The quantitative estimate of drug-likeness (QED) is 0.279. The number of hydrogen-bond donors (Lipinski definition) is 2. The van der Waals surface area contributed by atoms with Crippen LogP contribution in [0, 0.1) is 21.4 Å². The molecule has 9 heteroatoms. The van der Waals surface area contributed by atoms with E-state index in [-0.39, 0.29) is 22.5 Å². The van der Waals surface area contributed by atoms with E-state index < -0.39 is 16.8 Å². The minimum Gasteiger partial charge on any atom is -0.478 e.